The van der Waals surface area contributed by atoms with Gasteiger partial charge in [0.2, 0.25) is 5.91 Å². The number of nitrogens with zero attached hydrogens (tertiary/aromatic N) is 1. The minimum absolute atomic E-state index is 0.00101. The maximum Gasteiger partial charge on any atom is 0.328 e. The predicted molar refractivity (Wildman–Crippen MR) is 143 cm³/mol. The minimum atomic E-state index is -0.575. The molecule has 1 atom stereocenters. The van der Waals surface area contributed by atoms with Gasteiger partial charge in [0.25, 0.3) is 5.91 Å². The number of rotatable bonds is 12. The number of esters is 1. The molecule has 4 N–H and O–H groups in total. The number of anilines is 1. The van der Waals surface area contributed by atoms with Crippen molar-refractivity contribution in [1.29, 1.82) is 0 Å². The number of likely N-dealkylation sites (tertiary alicyclic amines) is 1. The Labute approximate surface area is 220 Å². The summed E-state index contributed by atoms with van der Waals surface area (Å²) in [5.41, 5.74) is 6.87. The number of carbonyl (C=O) groups excluding carboxylic acids is 3. The highest BCUT2D eigenvalue weighted by Gasteiger charge is 2.28. The SMILES string of the molecule is COc1cc(C(=O)NC2CCN(CCCC(=O)N[C@@H](CC(C)C)C(=O)OC3CCCC3)CC2)ccc1N. The average molecular weight is 517 g/mol. The molecule has 9 heteroatoms. The summed E-state index contributed by atoms with van der Waals surface area (Å²) >= 11 is 0. The third-order valence-electron chi connectivity index (χ3n) is 7.21. The Morgan fingerprint density at radius 2 is 1.81 bits per heavy atom. The van der Waals surface area contributed by atoms with Crippen LogP contribution in [0.1, 0.15) is 82.0 Å². The van der Waals surface area contributed by atoms with E-state index in [1.54, 1.807) is 18.2 Å². The van der Waals surface area contributed by atoms with Gasteiger partial charge in [0.1, 0.15) is 17.9 Å². The van der Waals surface area contributed by atoms with Gasteiger partial charge in [0, 0.05) is 31.1 Å². The molecule has 0 unspecified atom stereocenters. The highest BCUT2D eigenvalue weighted by molar-refractivity contribution is 5.95. The smallest absolute Gasteiger partial charge is 0.328 e. The molecule has 1 saturated carbocycles. The molecule has 1 aromatic rings. The lowest BCUT2D eigenvalue weighted by atomic mass is 10.0. The van der Waals surface area contributed by atoms with Gasteiger partial charge < -0.3 is 30.7 Å². The van der Waals surface area contributed by atoms with Crippen molar-refractivity contribution in [1.82, 2.24) is 15.5 Å². The lowest BCUT2D eigenvalue weighted by Gasteiger charge is -2.32. The van der Waals surface area contributed by atoms with Crippen LogP contribution in [0.5, 0.6) is 5.75 Å². The minimum Gasteiger partial charge on any atom is -0.495 e. The van der Waals surface area contributed by atoms with Gasteiger partial charge in [-0.25, -0.2) is 4.79 Å². The number of nitrogen functional groups attached to an aromatic ring is 1. The molecule has 0 spiro atoms. The van der Waals surface area contributed by atoms with Crippen molar-refractivity contribution >= 4 is 23.5 Å². The molecular weight excluding hydrogens is 472 g/mol. The quantitative estimate of drug-likeness (QED) is 0.288. The molecule has 3 rings (SSSR count). The van der Waals surface area contributed by atoms with Crippen LogP contribution in [0.15, 0.2) is 18.2 Å². The van der Waals surface area contributed by atoms with Crippen molar-refractivity contribution in [2.24, 2.45) is 5.92 Å². The lowest BCUT2D eigenvalue weighted by Crippen LogP contribution is -2.45. The normalized spacial score (nSPS) is 17.9. The van der Waals surface area contributed by atoms with Crippen molar-refractivity contribution in [2.45, 2.75) is 89.8 Å². The molecule has 9 nitrogen and oxygen atoms in total. The van der Waals surface area contributed by atoms with Crippen LogP contribution in [0.25, 0.3) is 0 Å². The van der Waals surface area contributed by atoms with Gasteiger partial charge in [-0.3, -0.25) is 9.59 Å². The van der Waals surface area contributed by atoms with Crippen molar-refractivity contribution in [3.63, 3.8) is 0 Å². The van der Waals surface area contributed by atoms with Crippen LogP contribution in [0.3, 0.4) is 0 Å². The largest absolute Gasteiger partial charge is 0.495 e. The molecule has 37 heavy (non-hydrogen) atoms. The summed E-state index contributed by atoms with van der Waals surface area (Å²) in [6, 6.07) is 4.57. The van der Waals surface area contributed by atoms with Gasteiger partial charge in [0.15, 0.2) is 0 Å². The van der Waals surface area contributed by atoms with Gasteiger partial charge in [0.05, 0.1) is 12.8 Å². The van der Waals surface area contributed by atoms with Crippen molar-refractivity contribution in [3.05, 3.63) is 23.8 Å². The molecular formula is C28H44N4O5. The fourth-order valence-electron chi connectivity index (χ4n) is 5.09. The zero-order chi connectivity index (χ0) is 26.8. The number of methoxy groups -OCH3 is 1. The molecule has 206 valence electrons. The molecule has 1 heterocycles. The molecule has 1 aliphatic carbocycles. The van der Waals surface area contributed by atoms with E-state index < -0.39 is 6.04 Å². The Balaban J connectivity index is 1.35. The number of benzene rings is 1. The fraction of sp³-hybridized carbons (Fsp3) is 0.679. The van der Waals surface area contributed by atoms with Gasteiger partial charge in [-0.05, 0) is 82.0 Å². The lowest BCUT2D eigenvalue weighted by molar-refractivity contribution is -0.153. The van der Waals surface area contributed by atoms with E-state index in [1.807, 2.05) is 13.8 Å². The number of hydrogen-bond donors (Lipinski definition) is 3. The van der Waals surface area contributed by atoms with Gasteiger partial charge >= 0.3 is 5.97 Å². The molecule has 1 saturated heterocycles. The first-order valence-electron chi connectivity index (χ1n) is 13.7. The summed E-state index contributed by atoms with van der Waals surface area (Å²) in [4.78, 5) is 40.2. The van der Waals surface area contributed by atoms with E-state index in [2.05, 4.69) is 15.5 Å². The fourth-order valence-corrected chi connectivity index (χ4v) is 5.09. The summed E-state index contributed by atoms with van der Waals surface area (Å²) in [7, 11) is 1.53. The van der Waals surface area contributed by atoms with Crippen LogP contribution in [-0.4, -0.2) is 67.6 Å². The Morgan fingerprint density at radius 3 is 2.46 bits per heavy atom. The number of carbonyl (C=O) groups is 3. The molecule has 2 amide bonds. The Hall–Kier alpha value is -2.81. The van der Waals surface area contributed by atoms with Gasteiger partial charge in [-0.1, -0.05) is 13.8 Å². The molecule has 2 aliphatic rings. The zero-order valence-corrected chi connectivity index (χ0v) is 22.6. The van der Waals surface area contributed by atoms with Crippen LogP contribution < -0.4 is 21.1 Å². The first-order chi connectivity index (χ1) is 17.7. The molecule has 1 aromatic carbocycles. The molecule has 1 aliphatic heterocycles. The molecule has 0 bridgehead atoms. The van der Waals surface area contributed by atoms with Crippen LogP contribution >= 0.6 is 0 Å². The number of amides is 2. The maximum atomic E-state index is 12.6. The van der Waals surface area contributed by atoms with E-state index in [0.29, 0.717) is 29.8 Å². The van der Waals surface area contributed by atoms with Crippen molar-refractivity contribution in [3.8, 4) is 5.75 Å². The first kappa shape index (κ1) is 28.8. The van der Waals surface area contributed by atoms with Gasteiger partial charge in [-0.15, -0.1) is 0 Å². The molecule has 0 aromatic heterocycles. The van der Waals surface area contributed by atoms with Crippen molar-refractivity contribution in [2.75, 3.05) is 32.5 Å². The second kappa shape index (κ2) is 14.2. The number of ether oxygens (including phenoxy) is 2. The Kier molecular flexibility index (Phi) is 11.0. The number of piperidine rings is 1. The topological polar surface area (TPSA) is 123 Å². The number of nitrogens with one attached hydrogen (secondary N) is 2. The van der Waals surface area contributed by atoms with Gasteiger partial charge in [-0.2, -0.15) is 0 Å². The summed E-state index contributed by atoms with van der Waals surface area (Å²) in [6.07, 6.45) is 7.43. The second-order valence-corrected chi connectivity index (χ2v) is 10.7. The monoisotopic (exact) mass is 516 g/mol. The van der Waals surface area contributed by atoms with E-state index >= 15 is 0 Å². The third kappa shape index (κ3) is 9.22. The van der Waals surface area contributed by atoms with Crippen LogP contribution in [-0.2, 0) is 14.3 Å². The van der Waals surface area contributed by atoms with Crippen LogP contribution in [0.2, 0.25) is 0 Å². The summed E-state index contributed by atoms with van der Waals surface area (Å²) < 4.78 is 10.9. The van der Waals surface area contributed by atoms with E-state index in [-0.39, 0.29) is 35.8 Å². The second-order valence-electron chi connectivity index (χ2n) is 10.7. The highest BCUT2D eigenvalue weighted by atomic mass is 16.5. The Bertz CT molecular complexity index is 908. The van der Waals surface area contributed by atoms with E-state index in [4.69, 9.17) is 15.2 Å². The highest BCUT2D eigenvalue weighted by Crippen LogP contribution is 2.23. The summed E-state index contributed by atoms with van der Waals surface area (Å²) in [5, 5.41) is 6.02. The predicted octanol–water partition coefficient (Wildman–Crippen LogP) is 3.27. The number of hydrogen-bond acceptors (Lipinski definition) is 7. The Morgan fingerprint density at radius 1 is 1.11 bits per heavy atom. The summed E-state index contributed by atoms with van der Waals surface area (Å²) in [5.74, 6) is 0.249. The standard InChI is InChI=1S/C28H44N4O5/c1-19(2)17-24(28(35)37-22-7-4-5-8-22)31-26(33)9-6-14-32-15-12-21(13-16-32)30-27(34)20-10-11-23(29)25(18-20)36-3/h10-11,18-19,21-22,24H,4-9,12-17,29H2,1-3H3,(H,30,34)(H,31,33)/t24-/m0/s1. The van der Waals surface area contributed by atoms with E-state index in [0.717, 1.165) is 64.6 Å². The summed E-state index contributed by atoms with van der Waals surface area (Å²) in [6.45, 7) is 6.62. The zero-order valence-electron chi connectivity index (χ0n) is 22.6. The first-order valence-corrected chi connectivity index (χ1v) is 13.7. The average Bonchev–Trinajstić information content (AvgIpc) is 3.37. The van der Waals surface area contributed by atoms with Crippen molar-refractivity contribution < 1.29 is 23.9 Å². The maximum absolute atomic E-state index is 12.6. The third-order valence-corrected chi connectivity index (χ3v) is 7.21. The number of nitrogens with two attached hydrogens (primary N) is 1. The van der Waals surface area contributed by atoms with E-state index in [9.17, 15) is 14.4 Å². The van der Waals surface area contributed by atoms with Crippen LogP contribution in [0, 0.1) is 5.92 Å². The molecule has 2 fully saturated rings. The molecule has 0 radical (unpaired) electrons. The van der Waals surface area contributed by atoms with E-state index in [1.165, 1.54) is 7.11 Å². The van der Waals surface area contributed by atoms with Crippen LogP contribution in [0.4, 0.5) is 5.69 Å².